The smallest absolute Gasteiger partial charge is 0.0348 e. The van der Waals surface area contributed by atoms with E-state index < -0.39 is 0 Å². The molecule has 94 valence electrons. The fraction of sp³-hybridized carbons (Fsp3) is 0.538. The van der Waals surface area contributed by atoms with Crippen molar-refractivity contribution < 1.29 is 0 Å². The zero-order valence-electron chi connectivity index (χ0n) is 10.4. The van der Waals surface area contributed by atoms with Crippen LogP contribution in [-0.4, -0.2) is 18.6 Å². The van der Waals surface area contributed by atoms with Gasteiger partial charge in [0, 0.05) is 25.7 Å². The van der Waals surface area contributed by atoms with Gasteiger partial charge < -0.3 is 5.73 Å². The van der Waals surface area contributed by atoms with Crippen molar-refractivity contribution in [3.05, 3.63) is 22.2 Å². The highest BCUT2D eigenvalue weighted by Gasteiger charge is 2.47. The molecule has 1 aliphatic carbocycles. The molecule has 4 heteroatoms. The molecule has 1 saturated carbocycles. The highest BCUT2D eigenvalue weighted by molar-refractivity contribution is 9.10. The topological polar surface area (TPSA) is 26.0 Å². The molecule has 0 heterocycles. The summed E-state index contributed by atoms with van der Waals surface area (Å²) in [6.45, 7) is 2.13. The Balaban J connectivity index is 2.47. The van der Waals surface area contributed by atoms with Crippen LogP contribution in [0.2, 0.25) is 0 Å². The van der Waals surface area contributed by atoms with E-state index in [9.17, 15) is 0 Å². The summed E-state index contributed by atoms with van der Waals surface area (Å²) in [6, 6.07) is 4.84. The third-order valence-electron chi connectivity index (χ3n) is 3.67. The Hall–Kier alpha value is 0.360. The number of thioether (sulfide) groups is 2. The standard InChI is InChI=1S/C13H18BrNS2/c1-8(15)13(4-5-13)9-6-10(14)12(17-3)11(7-9)16-2/h6-8H,4-5,15H2,1-3H3. The molecule has 17 heavy (non-hydrogen) atoms. The van der Waals surface area contributed by atoms with Crippen LogP contribution < -0.4 is 5.73 Å². The first-order valence-corrected chi connectivity index (χ1v) is 8.97. The molecule has 2 rings (SSSR count). The highest BCUT2D eigenvalue weighted by atomic mass is 79.9. The van der Waals surface area contributed by atoms with Gasteiger partial charge in [-0.1, -0.05) is 0 Å². The molecule has 0 spiro atoms. The van der Waals surface area contributed by atoms with Crippen molar-refractivity contribution in [2.75, 3.05) is 12.5 Å². The molecule has 1 fully saturated rings. The van der Waals surface area contributed by atoms with Gasteiger partial charge in [0.2, 0.25) is 0 Å². The third-order valence-corrected chi connectivity index (χ3v) is 6.30. The van der Waals surface area contributed by atoms with E-state index in [4.69, 9.17) is 5.73 Å². The lowest BCUT2D eigenvalue weighted by Crippen LogP contribution is -2.31. The summed E-state index contributed by atoms with van der Waals surface area (Å²) in [5.74, 6) is 0. The molecule has 2 N–H and O–H groups in total. The molecule has 0 aromatic heterocycles. The number of nitrogens with two attached hydrogens (primary N) is 1. The van der Waals surface area contributed by atoms with Crippen LogP contribution in [0.3, 0.4) is 0 Å². The Morgan fingerprint density at radius 3 is 2.35 bits per heavy atom. The van der Waals surface area contributed by atoms with Gasteiger partial charge in [-0.25, -0.2) is 0 Å². The summed E-state index contributed by atoms with van der Waals surface area (Å²) in [5, 5.41) is 0. The second kappa shape index (κ2) is 5.16. The molecule has 0 radical (unpaired) electrons. The molecule has 0 amide bonds. The fourth-order valence-corrected chi connectivity index (χ4v) is 4.98. The lowest BCUT2D eigenvalue weighted by Gasteiger charge is -2.22. The molecule has 1 aliphatic rings. The number of hydrogen-bond acceptors (Lipinski definition) is 3. The van der Waals surface area contributed by atoms with E-state index in [1.807, 2.05) is 11.8 Å². The lowest BCUT2D eigenvalue weighted by atomic mass is 9.89. The largest absolute Gasteiger partial charge is 0.327 e. The summed E-state index contributed by atoms with van der Waals surface area (Å²) < 4.78 is 1.21. The first-order valence-electron chi connectivity index (χ1n) is 5.72. The molecule has 0 saturated heterocycles. The van der Waals surface area contributed by atoms with Crippen molar-refractivity contribution in [3.63, 3.8) is 0 Å². The fourth-order valence-electron chi connectivity index (χ4n) is 2.35. The monoisotopic (exact) mass is 331 g/mol. The van der Waals surface area contributed by atoms with Gasteiger partial charge >= 0.3 is 0 Å². The maximum atomic E-state index is 6.15. The molecule has 1 unspecified atom stereocenters. The predicted octanol–water partition coefficient (Wildman–Crippen LogP) is 4.27. The molecule has 1 atom stereocenters. The van der Waals surface area contributed by atoms with Crippen LogP contribution in [0, 0.1) is 0 Å². The minimum absolute atomic E-state index is 0.240. The minimum atomic E-state index is 0.240. The molecule has 1 nitrogen and oxygen atoms in total. The second-order valence-electron chi connectivity index (χ2n) is 4.64. The SMILES string of the molecule is CSc1cc(C2(C(C)N)CC2)cc(Br)c1SC. The van der Waals surface area contributed by atoms with Gasteiger partial charge in [0.15, 0.2) is 0 Å². The highest BCUT2D eigenvalue weighted by Crippen LogP contribution is 2.52. The molecular weight excluding hydrogens is 314 g/mol. The zero-order chi connectivity index (χ0) is 12.6. The van der Waals surface area contributed by atoms with Gasteiger partial charge in [-0.3, -0.25) is 0 Å². The Kier molecular flexibility index (Phi) is 4.18. The van der Waals surface area contributed by atoms with Crippen LogP contribution in [0.25, 0.3) is 0 Å². The number of benzene rings is 1. The van der Waals surface area contributed by atoms with Crippen molar-refractivity contribution >= 4 is 39.5 Å². The van der Waals surface area contributed by atoms with E-state index in [1.165, 1.54) is 32.7 Å². The maximum Gasteiger partial charge on any atom is 0.0348 e. The van der Waals surface area contributed by atoms with Gasteiger partial charge in [0.1, 0.15) is 0 Å². The van der Waals surface area contributed by atoms with Crippen molar-refractivity contribution in [2.24, 2.45) is 5.73 Å². The van der Waals surface area contributed by atoms with E-state index in [0.29, 0.717) is 0 Å². The van der Waals surface area contributed by atoms with E-state index in [2.05, 4.69) is 47.5 Å². The van der Waals surface area contributed by atoms with Gasteiger partial charge in [0.25, 0.3) is 0 Å². The van der Waals surface area contributed by atoms with Gasteiger partial charge in [0.05, 0.1) is 0 Å². The molecule has 0 bridgehead atoms. The molecule has 0 aliphatic heterocycles. The van der Waals surface area contributed by atoms with E-state index >= 15 is 0 Å². The molecule has 1 aromatic rings. The van der Waals surface area contributed by atoms with Crippen molar-refractivity contribution in [1.82, 2.24) is 0 Å². The first kappa shape index (κ1) is 13.8. The summed E-state index contributed by atoms with van der Waals surface area (Å²) in [7, 11) is 0. The maximum absolute atomic E-state index is 6.15. The van der Waals surface area contributed by atoms with Gasteiger partial charge in [-0.15, -0.1) is 23.5 Å². The third kappa shape index (κ3) is 2.42. The zero-order valence-corrected chi connectivity index (χ0v) is 13.6. The number of hydrogen-bond donors (Lipinski definition) is 1. The average molecular weight is 332 g/mol. The lowest BCUT2D eigenvalue weighted by molar-refractivity contribution is 0.554. The second-order valence-corrected chi connectivity index (χ2v) is 7.16. The Labute approximate surface area is 120 Å². The van der Waals surface area contributed by atoms with E-state index in [0.717, 1.165) is 0 Å². The van der Waals surface area contributed by atoms with Crippen molar-refractivity contribution in [3.8, 4) is 0 Å². The Morgan fingerprint density at radius 1 is 1.29 bits per heavy atom. The number of halogens is 1. The van der Waals surface area contributed by atoms with Crippen LogP contribution in [0.4, 0.5) is 0 Å². The predicted molar refractivity (Wildman–Crippen MR) is 82.3 cm³/mol. The summed E-state index contributed by atoms with van der Waals surface area (Å²) in [6.07, 6.45) is 6.71. The molecular formula is C13H18BrNS2. The van der Waals surface area contributed by atoms with Crippen LogP contribution in [0.1, 0.15) is 25.3 Å². The van der Waals surface area contributed by atoms with E-state index in [1.54, 1.807) is 11.8 Å². The summed E-state index contributed by atoms with van der Waals surface area (Å²) >= 11 is 7.30. The summed E-state index contributed by atoms with van der Waals surface area (Å²) in [4.78, 5) is 2.69. The first-order chi connectivity index (χ1) is 8.05. The normalized spacial score (nSPS) is 19.1. The summed E-state index contributed by atoms with van der Waals surface area (Å²) in [5.41, 5.74) is 7.79. The average Bonchev–Trinajstić information content (AvgIpc) is 3.08. The minimum Gasteiger partial charge on any atom is -0.327 e. The van der Waals surface area contributed by atoms with Crippen molar-refractivity contribution in [2.45, 2.75) is 41.0 Å². The molecule has 1 aromatic carbocycles. The Morgan fingerprint density at radius 2 is 1.94 bits per heavy atom. The number of rotatable bonds is 4. The Bertz CT molecular complexity index is 428. The van der Waals surface area contributed by atoms with Crippen LogP contribution in [-0.2, 0) is 5.41 Å². The van der Waals surface area contributed by atoms with Gasteiger partial charge in [-0.2, -0.15) is 0 Å². The van der Waals surface area contributed by atoms with Gasteiger partial charge in [-0.05, 0) is 65.9 Å². The van der Waals surface area contributed by atoms with Crippen molar-refractivity contribution in [1.29, 1.82) is 0 Å². The van der Waals surface area contributed by atoms with Crippen LogP contribution >= 0.6 is 39.5 Å². The van der Waals surface area contributed by atoms with E-state index in [-0.39, 0.29) is 11.5 Å². The van der Waals surface area contributed by atoms with Crippen LogP contribution in [0.5, 0.6) is 0 Å². The van der Waals surface area contributed by atoms with Crippen LogP contribution in [0.15, 0.2) is 26.4 Å². The quantitative estimate of drug-likeness (QED) is 0.834.